The Hall–Kier alpha value is -3.46. The van der Waals surface area contributed by atoms with Crippen LogP contribution < -0.4 is 16.0 Å². The molecule has 2 saturated carbocycles. The number of carbonyl (C=O) groups excluding carboxylic acids is 2. The number of rotatable bonds is 6. The fourth-order valence-electron chi connectivity index (χ4n) is 4.14. The van der Waals surface area contributed by atoms with Crippen LogP contribution in [0.2, 0.25) is 0 Å². The smallest absolute Gasteiger partial charge is 0.278 e. The Bertz CT molecular complexity index is 1160. The van der Waals surface area contributed by atoms with Crippen LogP contribution in [-0.2, 0) is 4.79 Å². The molecule has 2 amide bonds. The van der Waals surface area contributed by atoms with Crippen molar-refractivity contribution < 1.29 is 14.1 Å². The van der Waals surface area contributed by atoms with Gasteiger partial charge in [-0.05, 0) is 31.2 Å². The van der Waals surface area contributed by atoms with Crippen molar-refractivity contribution in [2.45, 2.75) is 56.3 Å². The highest BCUT2D eigenvalue weighted by molar-refractivity contribution is 6.02. The van der Waals surface area contributed by atoms with Gasteiger partial charge in [0.05, 0.1) is 5.69 Å². The van der Waals surface area contributed by atoms with Gasteiger partial charge in [0.15, 0.2) is 12.0 Å². The average Bonchev–Trinajstić information content (AvgIpc) is 3.74. The molecule has 9 nitrogen and oxygen atoms in total. The summed E-state index contributed by atoms with van der Waals surface area (Å²) in [4.78, 5) is 25.4. The molecule has 0 bridgehead atoms. The highest BCUT2D eigenvalue weighted by Gasteiger charge is 2.34. The number of nitrogens with zero attached hydrogens (tertiary/aromatic N) is 3. The molecule has 1 saturated heterocycles. The standard InChI is InChI=1S/C23H24N6O3/c30-21-12-16(13-4-2-1-3-5-13)24-23(26-21)29-20(11-17(27-29)14-6-7-14)25-22(31)18-10-19(32-28-18)15-8-9-15/h1-5,10-11,14-16,23-24H,6-9,12H2,(H,25,31)(H,26,30). The predicted molar refractivity (Wildman–Crippen MR) is 115 cm³/mol. The molecule has 3 aliphatic rings. The normalized spacial score (nSPS) is 23.1. The van der Waals surface area contributed by atoms with Crippen molar-refractivity contribution in [1.82, 2.24) is 25.6 Å². The molecule has 0 spiro atoms. The van der Waals surface area contributed by atoms with Gasteiger partial charge in [0.25, 0.3) is 5.91 Å². The van der Waals surface area contributed by atoms with Gasteiger partial charge in [-0.15, -0.1) is 0 Å². The third-order valence-corrected chi connectivity index (χ3v) is 6.23. The summed E-state index contributed by atoms with van der Waals surface area (Å²) in [5, 5.41) is 18.0. The number of anilines is 1. The molecular weight excluding hydrogens is 408 g/mol. The van der Waals surface area contributed by atoms with E-state index in [2.05, 4.69) is 21.1 Å². The Morgan fingerprint density at radius 1 is 1.09 bits per heavy atom. The number of amides is 2. The Morgan fingerprint density at radius 3 is 2.62 bits per heavy atom. The molecule has 2 aliphatic carbocycles. The summed E-state index contributed by atoms with van der Waals surface area (Å²) in [5.74, 6) is 1.62. The number of nitrogens with one attached hydrogen (secondary N) is 3. The second-order valence-electron chi connectivity index (χ2n) is 8.82. The van der Waals surface area contributed by atoms with E-state index in [9.17, 15) is 9.59 Å². The number of hydrogen-bond acceptors (Lipinski definition) is 6. The zero-order valence-corrected chi connectivity index (χ0v) is 17.5. The summed E-state index contributed by atoms with van der Waals surface area (Å²) < 4.78 is 6.98. The van der Waals surface area contributed by atoms with Crippen molar-refractivity contribution in [3.63, 3.8) is 0 Å². The SMILES string of the molecule is O=C1CC(c2ccccc2)NC(n2nc(C3CC3)cc2NC(=O)c2cc(C3CC3)on2)N1. The largest absolute Gasteiger partial charge is 0.360 e. The van der Waals surface area contributed by atoms with E-state index in [1.807, 2.05) is 36.4 Å². The van der Waals surface area contributed by atoms with Gasteiger partial charge < -0.3 is 15.2 Å². The minimum atomic E-state index is -0.580. The van der Waals surface area contributed by atoms with Gasteiger partial charge in [0.2, 0.25) is 5.91 Å². The van der Waals surface area contributed by atoms with Crippen molar-refractivity contribution in [3.8, 4) is 0 Å². The van der Waals surface area contributed by atoms with Crippen LogP contribution in [0.4, 0.5) is 5.82 Å². The molecule has 2 aromatic heterocycles. The lowest BCUT2D eigenvalue weighted by molar-refractivity contribution is -0.125. The average molecular weight is 432 g/mol. The van der Waals surface area contributed by atoms with Crippen LogP contribution in [0.3, 0.4) is 0 Å². The maximum Gasteiger partial charge on any atom is 0.278 e. The topological polar surface area (TPSA) is 114 Å². The van der Waals surface area contributed by atoms with Crippen molar-refractivity contribution in [3.05, 3.63) is 65.2 Å². The summed E-state index contributed by atoms with van der Waals surface area (Å²) in [6.45, 7) is 0. The molecular formula is C23H24N6O3. The number of benzene rings is 1. The van der Waals surface area contributed by atoms with E-state index in [1.165, 1.54) is 0 Å². The number of carbonyl (C=O) groups is 2. The van der Waals surface area contributed by atoms with Crippen LogP contribution in [0.15, 0.2) is 47.0 Å². The zero-order valence-electron chi connectivity index (χ0n) is 17.5. The van der Waals surface area contributed by atoms with E-state index in [0.29, 0.717) is 24.1 Å². The van der Waals surface area contributed by atoms with Gasteiger partial charge in [-0.25, -0.2) is 4.68 Å². The van der Waals surface area contributed by atoms with Gasteiger partial charge in [0, 0.05) is 36.4 Å². The molecule has 2 atom stereocenters. The van der Waals surface area contributed by atoms with Crippen molar-refractivity contribution in [2.24, 2.45) is 0 Å². The third-order valence-electron chi connectivity index (χ3n) is 6.23. The Labute approximate surface area is 184 Å². The van der Waals surface area contributed by atoms with Crippen LogP contribution in [-0.4, -0.2) is 26.8 Å². The lowest BCUT2D eigenvalue weighted by atomic mass is 10.0. The minimum absolute atomic E-state index is 0.0751. The first kappa shape index (κ1) is 19.2. The van der Waals surface area contributed by atoms with E-state index < -0.39 is 6.29 Å². The fraction of sp³-hybridized carbons (Fsp3) is 0.391. The summed E-state index contributed by atoms with van der Waals surface area (Å²) >= 11 is 0. The van der Waals surface area contributed by atoms with E-state index in [4.69, 9.17) is 9.62 Å². The lowest BCUT2D eigenvalue weighted by Crippen LogP contribution is -2.50. The first-order valence-electron chi connectivity index (χ1n) is 11.1. The second-order valence-corrected chi connectivity index (χ2v) is 8.82. The maximum atomic E-state index is 12.9. The van der Waals surface area contributed by atoms with E-state index in [1.54, 1.807) is 10.7 Å². The molecule has 3 heterocycles. The third kappa shape index (κ3) is 3.80. The van der Waals surface area contributed by atoms with Crippen molar-refractivity contribution in [2.75, 3.05) is 5.32 Å². The van der Waals surface area contributed by atoms with Gasteiger partial charge in [-0.1, -0.05) is 35.5 Å². The molecule has 3 aromatic rings. The van der Waals surface area contributed by atoms with Crippen LogP contribution >= 0.6 is 0 Å². The molecule has 1 aliphatic heterocycles. The Balaban J connectivity index is 1.27. The first-order valence-corrected chi connectivity index (χ1v) is 11.1. The highest BCUT2D eigenvalue weighted by atomic mass is 16.5. The van der Waals surface area contributed by atoms with Gasteiger partial charge in [-0.2, -0.15) is 5.10 Å². The quantitative estimate of drug-likeness (QED) is 0.551. The monoisotopic (exact) mass is 432 g/mol. The van der Waals surface area contributed by atoms with Crippen molar-refractivity contribution in [1.29, 1.82) is 0 Å². The van der Waals surface area contributed by atoms with Crippen LogP contribution in [0.5, 0.6) is 0 Å². The summed E-state index contributed by atoms with van der Waals surface area (Å²) in [5.41, 5.74) is 2.19. The molecule has 2 unspecified atom stereocenters. The van der Waals surface area contributed by atoms with Crippen LogP contribution in [0.25, 0.3) is 0 Å². The molecule has 1 aromatic carbocycles. The highest BCUT2D eigenvalue weighted by Crippen LogP contribution is 2.41. The fourth-order valence-corrected chi connectivity index (χ4v) is 4.14. The molecule has 3 fully saturated rings. The first-order chi connectivity index (χ1) is 15.6. The van der Waals surface area contributed by atoms with Crippen molar-refractivity contribution >= 4 is 17.6 Å². The molecule has 0 radical (unpaired) electrons. The summed E-state index contributed by atoms with van der Waals surface area (Å²) in [7, 11) is 0. The number of hydrogen-bond donors (Lipinski definition) is 3. The molecule has 9 heteroatoms. The Kier molecular flexibility index (Phi) is 4.57. The van der Waals surface area contributed by atoms with Gasteiger partial charge >= 0.3 is 0 Å². The zero-order chi connectivity index (χ0) is 21.7. The summed E-state index contributed by atoms with van der Waals surface area (Å²) in [6.07, 6.45) is 4.06. The molecule has 3 N–H and O–H groups in total. The van der Waals surface area contributed by atoms with E-state index in [0.717, 1.165) is 42.7 Å². The maximum absolute atomic E-state index is 12.9. The van der Waals surface area contributed by atoms with E-state index in [-0.39, 0.29) is 23.6 Å². The Morgan fingerprint density at radius 2 is 1.88 bits per heavy atom. The second kappa shape index (κ2) is 7.59. The van der Waals surface area contributed by atoms with Crippen LogP contribution in [0, 0.1) is 0 Å². The van der Waals surface area contributed by atoms with E-state index >= 15 is 0 Å². The van der Waals surface area contributed by atoms with Gasteiger partial charge in [-0.3, -0.25) is 14.9 Å². The minimum Gasteiger partial charge on any atom is -0.360 e. The van der Waals surface area contributed by atoms with Crippen LogP contribution in [0.1, 0.15) is 83.8 Å². The molecule has 32 heavy (non-hydrogen) atoms. The molecule has 164 valence electrons. The lowest BCUT2D eigenvalue weighted by Gasteiger charge is -2.32. The van der Waals surface area contributed by atoms with Gasteiger partial charge in [0.1, 0.15) is 11.6 Å². The molecule has 6 rings (SSSR count). The predicted octanol–water partition coefficient (Wildman–Crippen LogP) is 3.19. The number of aromatic nitrogens is 3. The summed E-state index contributed by atoms with van der Waals surface area (Å²) in [6, 6.07) is 13.3.